The van der Waals surface area contributed by atoms with Crippen molar-refractivity contribution in [2.45, 2.75) is 123 Å². The fourth-order valence-electron chi connectivity index (χ4n) is 8.20. The molecule has 2 aromatic carbocycles. The predicted octanol–water partition coefficient (Wildman–Crippen LogP) is 6.69. The fourth-order valence-corrected chi connectivity index (χ4v) is 9.01. The number of rotatable bonds is 16. The normalized spacial score (nSPS) is 16.8. The van der Waals surface area contributed by atoms with E-state index in [2.05, 4.69) is 36.0 Å². The summed E-state index contributed by atoms with van der Waals surface area (Å²) in [5, 5.41) is 27.9. The lowest BCUT2D eigenvalue weighted by Gasteiger charge is -2.35. The Labute approximate surface area is 363 Å². The van der Waals surface area contributed by atoms with Gasteiger partial charge in [0, 0.05) is 44.1 Å². The average molecular weight is 852 g/mol. The van der Waals surface area contributed by atoms with Crippen LogP contribution in [-0.4, -0.2) is 86.6 Å². The van der Waals surface area contributed by atoms with E-state index >= 15 is 0 Å². The number of benzene rings is 2. The Balaban J connectivity index is 0.890. The van der Waals surface area contributed by atoms with Gasteiger partial charge in [0.1, 0.15) is 17.8 Å². The Morgan fingerprint density at radius 1 is 0.902 bits per heavy atom. The minimum atomic E-state index is -0.774. The third-order valence-corrected chi connectivity index (χ3v) is 12.8. The number of nitrogen functional groups attached to an aromatic ring is 1. The van der Waals surface area contributed by atoms with Gasteiger partial charge in [-0.25, -0.2) is 4.98 Å². The van der Waals surface area contributed by atoms with Crippen LogP contribution in [-0.2, 0) is 19.2 Å². The molecule has 0 aliphatic carbocycles. The number of anilines is 2. The first-order valence-electron chi connectivity index (χ1n) is 21.6. The highest BCUT2D eigenvalue weighted by atomic mass is 32.1. The number of nitrogens with zero attached hydrogens (tertiary/aromatic N) is 5. The molecule has 0 saturated carbocycles. The van der Waals surface area contributed by atoms with Gasteiger partial charge in [-0.05, 0) is 87.1 Å². The van der Waals surface area contributed by atoms with Gasteiger partial charge in [0.05, 0.1) is 33.5 Å². The third kappa shape index (κ3) is 11.6. The number of carbonyl (C=O) groups is 4. The number of nitrogens with two attached hydrogens (primary N) is 1. The van der Waals surface area contributed by atoms with Crippen molar-refractivity contribution in [3.63, 3.8) is 0 Å². The number of aromatic nitrogens is 3. The summed E-state index contributed by atoms with van der Waals surface area (Å²) < 4.78 is 0. The number of piperidine rings is 1. The van der Waals surface area contributed by atoms with E-state index in [0.717, 1.165) is 59.5 Å². The van der Waals surface area contributed by atoms with E-state index in [1.807, 2.05) is 76.5 Å². The van der Waals surface area contributed by atoms with E-state index in [-0.39, 0.29) is 47.9 Å². The Bertz CT molecular complexity index is 2150. The van der Waals surface area contributed by atoms with Crippen molar-refractivity contribution in [1.82, 2.24) is 36.0 Å². The Morgan fingerprint density at radius 3 is 2.25 bits per heavy atom. The van der Waals surface area contributed by atoms with E-state index < -0.39 is 17.5 Å². The van der Waals surface area contributed by atoms with Crippen LogP contribution in [0.4, 0.5) is 11.5 Å². The van der Waals surface area contributed by atoms with E-state index in [9.17, 15) is 24.3 Å². The van der Waals surface area contributed by atoms with Crippen LogP contribution in [0.2, 0.25) is 0 Å². The van der Waals surface area contributed by atoms with E-state index in [1.54, 1.807) is 34.4 Å². The number of phenolic OH excluding ortho intramolecular Hbond substituents is 1. The molecule has 4 amide bonds. The van der Waals surface area contributed by atoms with Crippen LogP contribution in [0.1, 0.15) is 109 Å². The number of carbonyl (C=O) groups excluding carboxylic acids is 4. The average Bonchev–Trinajstić information content (AvgIpc) is 3.91. The van der Waals surface area contributed by atoms with Crippen LogP contribution in [0.25, 0.3) is 21.7 Å². The Kier molecular flexibility index (Phi) is 15.0. The molecule has 15 heteroatoms. The molecule has 14 nitrogen and oxygen atoms in total. The molecule has 2 aliphatic heterocycles. The van der Waals surface area contributed by atoms with Gasteiger partial charge in [0.2, 0.25) is 23.6 Å². The number of amides is 4. The largest absolute Gasteiger partial charge is 0.507 e. The molecule has 61 heavy (non-hydrogen) atoms. The van der Waals surface area contributed by atoms with Crippen LogP contribution in [0.15, 0.2) is 60.1 Å². The fraction of sp³-hybridized carbons (Fsp3) is 0.500. The van der Waals surface area contributed by atoms with Crippen molar-refractivity contribution in [2.75, 3.05) is 30.3 Å². The quantitative estimate of drug-likeness (QED) is 0.0759. The van der Waals surface area contributed by atoms with Crippen molar-refractivity contribution >= 4 is 46.5 Å². The van der Waals surface area contributed by atoms with Gasteiger partial charge in [-0.3, -0.25) is 19.2 Å². The van der Waals surface area contributed by atoms with Crippen molar-refractivity contribution in [3.8, 4) is 27.4 Å². The number of phenols is 1. The molecule has 0 spiro atoms. The molecular formula is C46H61N9O5S. The molecule has 2 saturated heterocycles. The molecule has 0 unspecified atom stereocenters. The van der Waals surface area contributed by atoms with Crippen molar-refractivity contribution in [3.05, 3.63) is 71.4 Å². The summed E-state index contributed by atoms with van der Waals surface area (Å²) in [5.74, 6) is -0.143. The predicted molar refractivity (Wildman–Crippen MR) is 240 cm³/mol. The maximum Gasteiger partial charge on any atom is 0.246 e. The number of para-hydroxylation sites is 1. The number of aryl methyl sites for hydroxylation is 1. The zero-order valence-corrected chi connectivity index (χ0v) is 36.9. The number of aromatic hydroxyl groups is 1. The number of thiazole rings is 1. The van der Waals surface area contributed by atoms with E-state index in [1.165, 1.54) is 0 Å². The van der Waals surface area contributed by atoms with E-state index in [0.29, 0.717) is 62.4 Å². The van der Waals surface area contributed by atoms with Crippen LogP contribution in [0.3, 0.4) is 0 Å². The second-order valence-electron chi connectivity index (χ2n) is 17.4. The maximum absolute atomic E-state index is 14.0. The lowest BCUT2D eigenvalue weighted by molar-refractivity contribution is -0.144. The minimum Gasteiger partial charge on any atom is -0.507 e. The van der Waals surface area contributed by atoms with Gasteiger partial charge in [0.25, 0.3) is 0 Å². The highest BCUT2D eigenvalue weighted by molar-refractivity contribution is 7.13. The summed E-state index contributed by atoms with van der Waals surface area (Å²) in [7, 11) is 0. The number of hydrogen-bond acceptors (Lipinski definition) is 11. The van der Waals surface area contributed by atoms with Crippen molar-refractivity contribution < 1.29 is 24.3 Å². The van der Waals surface area contributed by atoms with Gasteiger partial charge < -0.3 is 36.6 Å². The lowest BCUT2D eigenvalue weighted by atomic mass is 9.85. The first-order chi connectivity index (χ1) is 29.2. The van der Waals surface area contributed by atoms with Crippen molar-refractivity contribution in [1.29, 1.82) is 0 Å². The number of nitrogens with one attached hydrogen (secondary N) is 3. The Hall–Kier alpha value is -5.57. The molecule has 0 bridgehead atoms. The summed E-state index contributed by atoms with van der Waals surface area (Å²) >= 11 is 1.60. The zero-order valence-electron chi connectivity index (χ0n) is 36.1. The minimum absolute atomic E-state index is 0.0227. The molecule has 4 aromatic rings. The molecule has 2 aromatic heterocycles. The molecule has 0 radical (unpaired) electrons. The number of unbranched alkanes of at least 4 members (excludes halogenated alkanes) is 3. The molecule has 3 atom stereocenters. The summed E-state index contributed by atoms with van der Waals surface area (Å²) in [6, 6.07) is 15.4. The molecule has 2 aliphatic rings. The van der Waals surface area contributed by atoms with Crippen molar-refractivity contribution in [2.24, 2.45) is 5.41 Å². The summed E-state index contributed by atoms with van der Waals surface area (Å²) in [6.45, 7) is 11.6. The highest BCUT2D eigenvalue weighted by Crippen LogP contribution is 2.33. The lowest BCUT2D eigenvalue weighted by Crippen LogP contribution is -2.57. The number of hydrogen-bond donors (Lipinski definition) is 5. The van der Waals surface area contributed by atoms with Crippen LogP contribution < -0.4 is 26.6 Å². The maximum atomic E-state index is 14.0. The Morgan fingerprint density at radius 2 is 1.59 bits per heavy atom. The summed E-state index contributed by atoms with van der Waals surface area (Å²) in [6.07, 6.45) is 6.48. The summed E-state index contributed by atoms with van der Waals surface area (Å²) in [5.41, 5.74) is 12.4. The molecule has 326 valence electrons. The van der Waals surface area contributed by atoms with Crippen LogP contribution >= 0.6 is 11.3 Å². The van der Waals surface area contributed by atoms with Crippen LogP contribution in [0, 0.1) is 12.3 Å². The third-order valence-electron chi connectivity index (χ3n) is 11.8. The molecule has 6 rings (SSSR count). The molecule has 6 N–H and O–H groups in total. The monoisotopic (exact) mass is 851 g/mol. The van der Waals surface area contributed by atoms with E-state index in [4.69, 9.17) is 5.73 Å². The zero-order chi connectivity index (χ0) is 43.7. The second-order valence-corrected chi connectivity index (χ2v) is 18.3. The molecule has 2 fully saturated rings. The second kappa shape index (κ2) is 20.3. The first-order valence-corrected chi connectivity index (χ1v) is 22.4. The highest BCUT2D eigenvalue weighted by Gasteiger charge is 2.42. The summed E-state index contributed by atoms with van der Waals surface area (Å²) in [4.78, 5) is 62.9. The van der Waals surface area contributed by atoms with Gasteiger partial charge >= 0.3 is 0 Å². The smallest absolute Gasteiger partial charge is 0.246 e. The molecular weight excluding hydrogens is 791 g/mol. The SMILES string of the molecule is Cc1ncsc1-c1ccc([C@H](C)NC(=O)[C@@H]2CCCN2C(=O)[C@@H](NC(=O)CCCCCCC(=O)NC2CCN(c3cc(-c4ccccc4O)nnc3N)CC2)C(C)(C)C)cc1. The van der Waals surface area contributed by atoms with Gasteiger partial charge in [-0.15, -0.1) is 21.5 Å². The number of likely N-dealkylation sites (tertiary alicyclic amines) is 1. The van der Waals surface area contributed by atoms with Gasteiger partial charge in [-0.1, -0.05) is 70.0 Å². The standard InChI is InChI=1S/C46H61N9O5S/c1-29(31-18-20-32(21-19-31)41-30(2)48-28-61-41)49-44(59)36-14-12-24-55(36)45(60)42(46(3,4)5)51-40(58)17-9-7-6-8-16-39(57)50-33-22-25-54(26-23-33)37-27-35(52-53-43(37)47)34-13-10-11-15-38(34)56/h10-11,13,15,18-21,27-29,33,36,42,56H,6-9,12,14,16-17,22-26H2,1-5H3,(H2,47,53)(H,49,59)(H,50,57)(H,51,58)/t29-,36-,42+/m0/s1. The van der Waals surface area contributed by atoms with Crippen LogP contribution in [0.5, 0.6) is 5.75 Å². The first kappa shape index (κ1) is 45.0. The van der Waals surface area contributed by atoms with Gasteiger partial charge in [0.15, 0.2) is 5.82 Å². The van der Waals surface area contributed by atoms with Gasteiger partial charge in [-0.2, -0.15) is 0 Å². The molecule has 4 heterocycles. The topological polar surface area (TPSA) is 196 Å².